The fraction of sp³-hybridized carbons (Fsp3) is 0.150. The minimum Gasteiger partial charge on any atom is -0.423 e. The molecule has 0 fully saturated rings. The van der Waals surface area contributed by atoms with E-state index >= 15 is 0 Å². The molecule has 2 aromatic rings. The van der Waals surface area contributed by atoms with Crippen molar-refractivity contribution >= 4 is 5.97 Å². The smallest absolute Gasteiger partial charge is 0.338 e. The number of hydrogen-bond donors (Lipinski definition) is 0. The number of rotatable bonds is 5. The van der Waals surface area contributed by atoms with Gasteiger partial charge < -0.3 is 4.74 Å². The average molecular weight is 292 g/mol. The molecule has 0 atom stereocenters. The largest absolute Gasteiger partial charge is 0.423 e. The number of carbonyl (C=O) groups is 1. The quantitative estimate of drug-likeness (QED) is 0.337. The summed E-state index contributed by atoms with van der Waals surface area (Å²) < 4.78 is 5.18. The summed E-state index contributed by atoms with van der Waals surface area (Å²) in [7, 11) is 0. The molecular formula is C20H20O2. The molecule has 0 spiro atoms. The number of carbonyl (C=O) groups excluding carboxylic acids is 1. The molecule has 22 heavy (non-hydrogen) atoms. The Hall–Kier alpha value is -2.61. The van der Waals surface area contributed by atoms with Crippen LogP contribution in [0.2, 0.25) is 0 Å². The lowest BCUT2D eigenvalue weighted by Crippen LogP contribution is -2.07. The van der Waals surface area contributed by atoms with Crippen LogP contribution in [0.1, 0.15) is 19.4 Å². The van der Waals surface area contributed by atoms with Crippen molar-refractivity contribution in [1.29, 1.82) is 0 Å². The van der Waals surface area contributed by atoms with Crippen LogP contribution in [0.4, 0.5) is 0 Å². The van der Waals surface area contributed by atoms with Gasteiger partial charge >= 0.3 is 5.97 Å². The molecule has 0 N–H and O–H groups in total. The van der Waals surface area contributed by atoms with E-state index in [9.17, 15) is 4.79 Å². The third kappa shape index (κ3) is 4.19. The van der Waals surface area contributed by atoms with Gasteiger partial charge in [-0.1, -0.05) is 55.1 Å². The van der Waals surface area contributed by atoms with E-state index in [1.54, 1.807) is 19.1 Å². The highest BCUT2D eigenvalue weighted by molar-refractivity contribution is 5.88. The predicted octanol–water partition coefficient (Wildman–Crippen LogP) is 4.95. The first-order chi connectivity index (χ1) is 10.5. The Morgan fingerprint density at radius 2 is 1.41 bits per heavy atom. The van der Waals surface area contributed by atoms with E-state index in [-0.39, 0.29) is 0 Å². The second-order valence-corrected chi connectivity index (χ2v) is 5.53. The standard InChI is InChI=1S/C20H20O2/c1-14(2)13-16-5-7-17(8-6-16)18-9-11-19(12-10-18)22-20(21)15(3)4/h5-12H,1,3,13H2,2,4H3. The average Bonchev–Trinajstić information content (AvgIpc) is 2.48. The van der Waals surface area contributed by atoms with Crippen LogP contribution in [0.15, 0.2) is 72.8 Å². The maximum absolute atomic E-state index is 11.5. The van der Waals surface area contributed by atoms with Gasteiger partial charge in [-0.25, -0.2) is 4.79 Å². The van der Waals surface area contributed by atoms with E-state index in [1.165, 1.54) is 5.56 Å². The zero-order chi connectivity index (χ0) is 16.1. The summed E-state index contributed by atoms with van der Waals surface area (Å²) in [6, 6.07) is 15.9. The molecule has 2 heteroatoms. The lowest BCUT2D eigenvalue weighted by molar-refractivity contribution is -0.130. The molecule has 0 saturated heterocycles. The van der Waals surface area contributed by atoms with Crippen molar-refractivity contribution in [2.45, 2.75) is 20.3 Å². The molecule has 0 aliphatic carbocycles. The van der Waals surface area contributed by atoms with E-state index in [0.29, 0.717) is 11.3 Å². The highest BCUT2D eigenvalue weighted by Crippen LogP contribution is 2.23. The van der Waals surface area contributed by atoms with E-state index in [2.05, 4.69) is 37.4 Å². The highest BCUT2D eigenvalue weighted by atomic mass is 16.5. The van der Waals surface area contributed by atoms with Crippen molar-refractivity contribution in [2.24, 2.45) is 0 Å². The SMILES string of the molecule is C=C(C)Cc1ccc(-c2ccc(OC(=O)C(=C)C)cc2)cc1. The van der Waals surface area contributed by atoms with Gasteiger partial charge in [-0.2, -0.15) is 0 Å². The van der Waals surface area contributed by atoms with Crippen molar-refractivity contribution in [1.82, 2.24) is 0 Å². The lowest BCUT2D eigenvalue weighted by atomic mass is 10.0. The number of ether oxygens (including phenoxy) is 1. The molecule has 0 aliphatic heterocycles. The Bertz CT molecular complexity index is 691. The molecule has 0 aromatic heterocycles. The number of benzene rings is 2. The molecule has 2 aromatic carbocycles. The first-order valence-corrected chi connectivity index (χ1v) is 7.17. The number of allylic oxidation sites excluding steroid dienone is 1. The van der Waals surface area contributed by atoms with Gasteiger partial charge in [-0.15, -0.1) is 0 Å². The van der Waals surface area contributed by atoms with E-state index in [0.717, 1.165) is 23.1 Å². The summed E-state index contributed by atoms with van der Waals surface area (Å²) in [5, 5.41) is 0. The number of hydrogen-bond acceptors (Lipinski definition) is 2. The van der Waals surface area contributed by atoms with E-state index in [1.807, 2.05) is 19.1 Å². The van der Waals surface area contributed by atoms with Crippen LogP contribution in [0.5, 0.6) is 5.75 Å². The number of esters is 1. The fourth-order valence-corrected chi connectivity index (χ4v) is 2.07. The monoisotopic (exact) mass is 292 g/mol. The zero-order valence-electron chi connectivity index (χ0n) is 13.1. The molecule has 0 heterocycles. The first-order valence-electron chi connectivity index (χ1n) is 7.17. The molecule has 2 nitrogen and oxygen atoms in total. The van der Waals surface area contributed by atoms with E-state index < -0.39 is 5.97 Å². The van der Waals surface area contributed by atoms with Gasteiger partial charge in [0, 0.05) is 5.57 Å². The van der Waals surface area contributed by atoms with Gasteiger partial charge in [0.15, 0.2) is 0 Å². The normalized spacial score (nSPS) is 10.1. The van der Waals surface area contributed by atoms with Crippen LogP contribution >= 0.6 is 0 Å². The van der Waals surface area contributed by atoms with Crippen LogP contribution < -0.4 is 4.74 Å². The minimum absolute atomic E-state index is 0.386. The summed E-state index contributed by atoms with van der Waals surface area (Å²) in [5.74, 6) is 0.118. The summed E-state index contributed by atoms with van der Waals surface area (Å²) in [6.45, 7) is 11.1. The Kier molecular flexibility index (Phi) is 4.95. The van der Waals surface area contributed by atoms with Gasteiger partial charge in [0.05, 0.1) is 0 Å². The molecule has 0 amide bonds. The second kappa shape index (κ2) is 6.90. The maximum Gasteiger partial charge on any atom is 0.338 e. The van der Waals surface area contributed by atoms with Gasteiger partial charge in [0.2, 0.25) is 0 Å². The topological polar surface area (TPSA) is 26.3 Å². The van der Waals surface area contributed by atoms with Gasteiger partial charge in [0.1, 0.15) is 5.75 Å². The van der Waals surface area contributed by atoms with Crippen molar-refractivity contribution in [3.05, 3.63) is 78.4 Å². The van der Waals surface area contributed by atoms with Crippen LogP contribution in [0.3, 0.4) is 0 Å². The van der Waals surface area contributed by atoms with Crippen LogP contribution in [-0.2, 0) is 11.2 Å². The summed E-state index contributed by atoms with van der Waals surface area (Å²) in [5.41, 5.74) is 5.00. The fourth-order valence-electron chi connectivity index (χ4n) is 2.07. The molecule has 2 rings (SSSR count). The molecule has 0 aliphatic rings. The molecule has 0 saturated carbocycles. The van der Waals surface area contributed by atoms with Crippen LogP contribution in [-0.4, -0.2) is 5.97 Å². The second-order valence-electron chi connectivity index (χ2n) is 5.53. The molecule has 0 unspecified atom stereocenters. The lowest BCUT2D eigenvalue weighted by Gasteiger charge is -2.07. The highest BCUT2D eigenvalue weighted by Gasteiger charge is 2.05. The van der Waals surface area contributed by atoms with Crippen LogP contribution in [0, 0.1) is 0 Å². The molecular weight excluding hydrogens is 272 g/mol. The molecule has 112 valence electrons. The predicted molar refractivity (Wildman–Crippen MR) is 90.8 cm³/mol. The van der Waals surface area contributed by atoms with E-state index in [4.69, 9.17) is 4.74 Å². The van der Waals surface area contributed by atoms with Crippen LogP contribution in [0.25, 0.3) is 11.1 Å². The van der Waals surface area contributed by atoms with Gasteiger partial charge in [0.25, 0.3) is 0 Å². The Morgan fingerprint density at radius 3 is 1.86 bits per heavy atom. The van der Waals surface area contributed by atoms with Crippen molar-refractivity contribution < 1.29 is 9.53 Å². The third-order valence-corrected chi connectivity index (χ3v) is 3.21. The summed E-state index contributed by atoms with van der Waals surface area (Å²) in [6.07, 6.45) is 0.899. The van der Waals surface area contributed by atoms with Gasteiger partial charge in [-0.3, -0.25) is 0 Å². The summed E-state index contributed by atoms with van der Waals surface area (Å²) >= 11 is 0. The summed E-state index contributed by atoms with van der Waals surface area (Å²) in [4.78, 5) is 11.5. The Labute approximate surface area is 131 Å². The van der Waals surface area contributed by atoms with Gasteiger partial charge in [-0.05, 0) is 49.1 Å². The maximum atomic E-state index is 11.5. The van der Waals surface area contributed by atoms with Crippen molar-refractivity contribution in [3.63, 3.8) is 0 Å². The Morgan fingerprint density at radius 1 is 0.909 bits per heavy atom. The zero-order valence-corrected chi connectivity index (χ0v) is 13.1. The molecule has 0 bridgehead atoms. The van der Waals surface area contributed by atoms with Crippen molar-refractivity contribution in [2.75, 3.05) is 0 Å². The minimum atomic E-state index is -0.406. The Balaban J connectivity index is 2.11. The third-order valence-electron chi connectivity index (χ3n) is 3.21. The molecule has 0 radical (unpaired) electrons. The van der Waals surface area contributed by atoms with Crippen molar-refractivity contribution in [3.8, 4) is 16.9 Å². The first kappa shape index (κ1) is 15.8.